The molecular formula is C22H27N5O2. The van der Waals surface area contributed by atoms with Gasteiger partial charge in [-0.25, -0.2) is 9.67 Å². The van der Waals surface area contributed by atoms with Crippen molar-refractivity contribution < 1.29 is 9.53 Å². The van der Waals surface area contributed by atoms with Gasteiger partial charge in [0.1, 0.15) is 5.75 Å². The summed E-state index contributed by atoms with van der Waals surface area (Å²) < 4.78 is 7.19. The first-order valence-electron chi connectivity index (χ1n) is 10.1. The Kier molecular flexibility index (Phi) is 5.76. The lowest BCUT2D eigenvalue weighted by Gasteiger charge is -2.09. The van der Waals surface area contributed by atoms with Gasteiger partial charge in [0.25, 0.3) is 0 Å². The Morgan fingerprint density at radius 1 is 1.38 bits per heavy atom. The average molecular weight is 393 g/mol. The van der Waals surface area contributed by atoms with Crippen LogP contribution in [-0.4, -0.2) is 47.4 Å². The topological polar surface area (TPSA) is 81.1 Å². The van der Waals surface area contributed by atoms with E-state index in [1.165, 1.54) is 0 Å². The lowest BCUT2D eigenvalue weighted by molar-refractivity contribution is -0.120. The summed E-state index contributed by atoms with van der Waals surface area (Å²) >= 11 is 0. The van der Waals surface area contributed by atoms with Crippen LogP contribution in [0.3, 0.4) is 0 Å². The maximum atomic E-state index is 12.4. The molecular weight excluding hydrogens is 366 g/mol. The largest absolute Gasteiger partial charge is 0.496 e. The van der Waals surface area contributed by atoms with Crippen molar-refractivity contribution in [3.63, 3.8) is 0 Å². The normalized spacial score (nSPS) is 16.3. The molecule has 7 heteroatoms. The SMILES string of the molecule is COc1ccc(CC(=O)NCCn2nc([C@H]3CCNC3)c3cccnc32)cc1C. The molecule has 0 spiro atoms. The van der Waals surface area contributed by atoms with Gasteiger partial charge in [0.15, 0.2) is 5.65 Å². The zero-order chi connectivity index (χ0) is 20.2. The zero-order valence-corrected chi connectivity index (χ0v) is 16.9. The molecule has 2 N–H and O–H groups in total. The Labute approximate surface area is 170 Å². The number of ether oxygens (including phenoxy) is 1. The number of benzene rings is 1. The van der Waals surface area contributed by atoms with Crippen molar-refractivity contribution in [2.75, 3.05) is 26.7 Å². The first-order valence-corrected chi connectivity index (χ1v) is 10.1. The van der Waals surface area contributed by atoms with Crippen molar-refractivity contribution in [1.29, 1.82) is 0 Å². The average Bonchev–Trinajstić information content (AvgIpc) is 3.36. The number of carbonyl (C=O) groups is 1. The summed E-state index contributed by atoms with van der Waals surface area (Å²) in [6, 6.07) is 9.87. The van der Waals surface area contributed by atoms with Crippen molar-refractivity contribution in [1.82, 2.24) is 25.4 Å². The van der Waals surface area contributed by atoms with Crippen molar-refractivity contribution in [3.05, 3.63) is 53.3 Å². The van der Waals surface area contributed by atoms with Gasteiger partial charge >= 0.3 is 0 Å². The van der Waals surface area contributed by atoms with E-state index in [9.17, 15) is 4.79 Å². The molecule has 1 atom stereocenters. The standard InChI is InChI=1S/C22H27N5O2/c1-15-12-16(5-6-19(15)29-2)13-20(28)24-10-11-27-22-18(4-3-8-25-22)21(26-27)17-7-9-23-14-17/h3-6,8,12,17,23H,7,9-11,13-14H2,1-2H3,(H,24,28)/t17-/m0/s1. The van der Waals surface area contributed by atoms with E-state index in [0.717, 1.165) is 53.1 Å². The van der Waals surface area contributed by atoms with Crippen LogP contribution >= 0.6 is 0 Å². The Morgan fingerprint density at radius 2 is 2.28 bits per heavy atom. The molecule has 29 heavy (non-hydrogen) atoms. The lowest BCUT2D eigenvalue weighted by Crippen LogP contribution is -2.29. The molecule has 1 saturated heterocycles. The summed E-state index contributed by atoms with van der Waals surface area (Å²) in [7, 11) is 1.65. The van der Waals surface area contributed by atoms with E-state index in [1.54, 1.807) is 13.3 Å². The highest BCUT2D eigenvalue weighted by atomic mass is 16.5. The molecule has 2 aromatic heterocycles. The van der Waals surface area contributed by atoms with Gasteiger partial charge in [0, 0.05) is 30.6 Å². The third kappa shape index (κ3) is 4.24. The number of hydrogen-bond donors (Lipinski definition) is 2. The smallest absolute Gasteiger partial charge is 0.224 e. The third-order valence-electron chi connectivity index (χ3n) is 5.45. The fourth-order valence-corrected chi connectivity index (χ4v) is 3.98. The van der Waals surface area contributed by atoms with Crippen LogP contribution in [-0.2, 0) is 17.8 Å². The van der Waals surface area contributed by atoms with Crippen LogP contribution in [0.25, 0.3) is 11.0 Å². The van der Waals surface area contributed by atoms with E-state index in [0.29, 0.717) is 25.4 Å². The van der Waals surface area contributed by atoms with Crippen LogP contribution in [0.15, 0.2) is 36.5 Å². The van der Waals surface area contributed by atoms with Crippen molar-refractivity contribution in [3.8, 4) is 5.75 Å². The monoisotopic (exact) mass is 393 g/mol. The highest BCUT2D eigenvalue weighted by molar-refractivity contribution is 5.79. The molecule has 3 aromatic rings. The van der Waals surface area contributed by atoms with E-state index >= 15 is 0 Å². The molecule has 4 rings (SSSR count). The van der Waals surface area contributed by atoms with Crippen LogP contribution in [0.2, 0.25) is 0 Å². The third-order valence-corrected chi connectivity index (χ3v) is 5.45. The van der Waals surface area contributed by atoms with Gasteiger partial charge in [-0.3, -0.25) is 4.79 Å². The van der Waals surface area contributed by atoms with E-state index in [-0.39, 0.29) is 5.91 Å². The number of rotatable bonds is 7. The number of fused-ring (bicyclic) bond motifs is 1. The van der Waals surface area contributed by atoms with Crippen molar-refractivity contribution >= 4 is 16.9 Å². The van der Waals surface area contributed by atoms with Crippen LogP contribution in [0.1, 0.15) is 29.2 Å². The quantitative estimate of drug-likeness (QED) is 0.643. The van der Waals surface area contributed by atoms with Gasteiger partial charge in [-0.2, -0.15) is 5.10 Å². The maximum Gasteiger partial charge on any atom is 0.224 e. The second-order valence-electron chi connectivity index (χ2n) is 7.50. The summed E-state index contributed by atoms with van der Waals surface area (Å²) in [5.41, 5.74) is 4.00. The molecule has 3 heterocycles. The molecule has 0 radical (unpaired) electrons. The van der Waals surface area contributed by atoms with Gasteiger partial charge in [-0.1, -0.05) is 12.1 Å². The summed E-state index contributed by atoms with van der Waals surface area (Å²) in [4.78, 5) is 16.9. The fourth-order valence-electron chi connectivity index (χ4n) is 3.98. The number of aryl methyl sites for hydroxylation is 1. The van der Waals surface area contributed by atoms with E-state index in [2.05, 4.69) is 21.7 Å². The zero-order valence-electron chi connectivity index (χ0n) is 16.9. The van der Waals surface area contributed by atoms with Crippen LogP contribution in [0.5, 0.6) is 5.75 Å². The van der Waals surface area contributed by atoms with Crippen LogP contribution in [0.4, 0.5) is 0 Å². The highest BCUT2D eigenvalue weighted by Gasteiger charge is 2.23. The molecule has 1 fully saturated rings. The molecule has 1 aliphatic heterocycles. The van der Waals surface area contributed by atoms with Crippen LogP contribution in [0, 0.1) is 6.92 Å². The highest BCUT2D eigenvalue weighted by Crippen LogP contribution is 2.27. The molecule has 0 unspecified atom stereocenters. The number of amides is 1. The number of nitrogens with zero attached hydrogens (tertiary/aromatic N) is 3. The fraction of sp³-hybridized carbons (Fsp3) is 0.409. The first kappa shape index (κ1) is 19.4. The molecule has 1 aliphatic rings. The minimum atomic E-state index is -0.000737. The van der Waals surface area contributed by atoms with Crippen LogP contribution < -0.4 is 15.4 Å². The predicted molar refractivity (Wildman–Crippen MR) is 112 cm³/mol. The summed E-state index contributed by atoms with van der Waals surface area (Å²) in [6.07, 6.45) is 3.24. The minimum absolute atomic E-state index is 0.000737. The number of methoxy groups -OCH3 is 1. The van der Waals surface area contributed by atoms with Crippen molar-refractivity contribution in [2.24, 2.45) is 0 Å². The molecule has 0 bridgehead atoms. The molecule has 1 aromatic carbocycles. The summed E-state index contributed by atoms with van der Waals surface area (Å²) in [5, 5.41) is 12.3. The Balaban J connectivity index is 1.38. The van der Waals surface area contributed by atoms with Gasteiger partial charge in [0.05, 0.1) is 25.8 Å². The maximum absolute atomic E-state index is 12.4. The Morgan fingerprint density at radius 3 is 3.03 bits per heavy atom. The number of carbonyl (C=O) groups excluding carboxylic acids is 1. The minimum Gasteiger partial charge on any atom is -0.496 e. The van der Waals surface area contributed by atoms with E-state index < -0.39 is 0 Å². The summed E-state index contributed by atoms with van der Waals surface area (Å²) in [6.45, 7) is 5.08. The molecule has 7 nitrogen and oxygen atoms in total. The van der Waals surface area contributed by atoms with Gasteiger partial charge in [0.2, 0.25) is 5.91 Å². The number of aromatic nitrogens is 3. The first-order chi connectivity index (χ1) is 14.2. The molecule has 1 amide bonds. The number of hydrogen-bond acceptors (Lipinski definition) is 5. The van der Waals surface area contributed by atoms with Gasteiger partial charge < -0.3 is 15.4 Å². The second-order valence-corrected chi connectivity index (χ2v) is 7.50. The van der Waals surface area contributed by atoms with E-state index in [1.807, 2.05) is 35.9 Å². The predicted octanol–water partition coefficient (Wildman–Crippen LogP) is 2.18. The molecule has 152 valence electrons. The van der Waals surface area contributed by atoms with E-state index in [4.69, 9.17) is 9.84 Å². The Bertz CT molecular complexity index is 1010. The van der Waals surface area contributed by atoms with Gasteiger partial charge in [-0.05, 0) is 49.2 Å². The Hall–Kier alpha value is -2.93. The number of pyridine rings is 1. The molecule has 0 saturated carbocycles. The molecule has 0 aliphatic carbocycles. The van der Waals surface area contributed by atoms with Crippen molar-refractivity contribution in [2.45, 2.75) is 32.2 Å². The second kappa shape index (κ2) is 8.61. The lowest BCUT2D eigenvalue weighted by atomic mass is 10.0. The summed E-state index contributed by atoms with van der Waals surface area (Å²) in [5.74, 6) is 1.26. The number of nitrogens with one attached hydrogen (secondary N) is 2. The van der Waals surface area contributed by atoms with Gasteiger partial charge in [-0.15, -0.1) is 0 Å².